The molecule has 92 valence electrons. The molecule has 0 saturated carbocycles. The van der Waals surface area contributed by atoms with E-state index in [1.807, 2.05) is 32.0 Å². The number of carbonyl (C=O) groups is 1. The molecule has 0 spiro atoms. The first-order chi connectivity index (χ1) is 7.95. The van der Waals surface area contributed by atoms with Gasteiger partial charge >= 0.3 is 5.97 Å². The summed E-state index contributed by atoms with van der Waals surface area (Å²) in [6, 6.07) is 5.68. The zero-order chi connectivity index (χ0) is 13.0. The second-order valence-electron chi connectivity index (χ2n) is 4.05. The van der Waals surface area contributed by atoms with Crippen LogP contribution in [0, 0.1) is 6.92 Å². The lowest BCUT2D eigenvalue weighted by Crippen LogP contribution is -2.10. The van der Waals surface area contributed by atoms with Gasteiger partial charge in [0.1, 0.15) is 11.9 Å². The van der Waals surface area contributed by atoms with Gasteiger partial charge in [-0.05, 0) is 44.0 Å². The Bertz CT molecular complexity index is 435. The average Bonchev–Trinajstić information content (AvgIpc) is 2.28. The lowest BCUT2D eigenvalue weighted by atomic mass is 10.0. The van der Waals surface area contributed by atoms with Crippen molar-refractivity contribution in [3.05, 3.63) is 41.5 Å². The molecule has 3 heteroatoms. The molecular formula is C14H18O3. The summed E-state index contributed by atoms with van der Waals surface area (Å²) in [5.41, 5.74) is 2.41. The number of hydrogen-bond donors (Lipinski definition) is 0. The fraction of sp³-hybridized carbons (Fsp3) is 0.357. The third kappa shape index (κ3) is 3.34. The highest BCUT2D eigenvalue weighted by molar-refractivity contribution is 5.87. The topological polar surface area (TPSA) is 35.5 Å². The first-order valence-corrected chi connectivity index (χ1v) is 5.46. The van der Waals surface area contributed by atoms with Gasteiger partial charge in [0, 0.05) is 5.57 Å². The van der Waals surface area contributed by atoms with E-state index in [4.69, 9.17) is 9.47 Å². The highest BCUT2D eigenvalue weighted by Gasteiger charge is 2.14. The monoisotopic (exact) mass is 234 g/mol. The summed E-state index contributed by atoms with van der Waals surface area (Å²) in [7, 11) is 1.62. The zero-order valence-electron chi connectivity index (χ0n) is 10.7. The molecule has 1 atom stereocenters. The Kier molecular flexibility index (Phi) is 4.32. The summed E-state index contributed by atoms with van der Waals surface area (Å²) in [5.74, 6) is 0.428. The third-order valence-corrected chi connectivity index (χ3v) is 2.55. The van der Waals surface area contributed by atoms with Crippen LogP contribution in [0.1, 0.15) is 31.1 Å². The van der Waals surface area contributed by atoms with Crippen molar-refractivity contribution < 1.29 is 14.3 Å². The smallest absolute Gasteiger partial charge is 0.333 e. The highest BCUT2D eigenvalue weighted by atomic mass is 16.5. The standard InChI is InChI=1S/C14H18O3/c1-9(2)14(15)17-11(4)13-7-6-12(16-5)8-10(13)3/h6-8,11H,1H2,2-5H3. The molecule has 0 radical (unpaired) electrons. The number of carbonyl (C=O) groups excluding carboxylic acids is 1. The maximum Gasteiger partial charge on any atom is 0.333 e. The molecule has 0 aromatic heterocycles. The van der Waals surface area contributed by atoms with Crippen LogP contribution >= 0.6 is 0 Å². The van der Waals surface area contributed by atoms with Gasteiger partial charge < -0.3 is 9.47 Å². The van der Waals surface area contributed by atoms with Crippen LogP contribution in [0.2, 0.25) is 0 Å². The maximum atomic E-state index is 11.4. The van der Waals surface area contributed by atoms with Crippen molar-refractivity contribution in [2.45, 2.75) is 26.9 Å². The van der Waals surface area contributed by atoms with Crippen molar-refractivity contribution in [1.29, 1.82) is 0 Å². The lowest BCUT2D eigenvalue weighted by molar-refractivity contribution is -0.143. The first kappa shape index (κ1) is 13.3. The van der Waals surface area contributed by atoms with Crippen LogP contribution in [0.4, 0.5) is 0 Å². The Hall–Kier alpha value is -1.77. The van der Waals surface area contributed by atoms with Crippen molar-refractivity contribution in [2.75, 3.05) is 7.11 Å². The third-order valence-electron chi connectivity index (χ3n) is 2.55. The molecule has 0 aliphatic rings. The van der Waals surface area contributed by atoms with Crippen LogP contribution in [0.3, 0.4) is 0 Å². The largest absolute Gasteiger partial charge is 0.497 e. The molecule has 0 amide bonds. The van der Waals surface area contributed by atoms with Crippen LogP contribution < -0.4 is 4.74 Å². The summed E-state index contributed by atoms with van der Waals surface area (Å²) in [6.07, 6.45) is -0.287. The number of hydrogen-bond acceptors (Lipinski definition) is 3. The molecule has 3 nitrogen and oxygen atoms in total. The molecule has 0 saturated heterocycles. The van der Waals surface area contributed by atoms with Gasteiger partial charge in [0.05, 0.1) is 7.11 Å². The van der Waals surface area contributed by atoms with Gasteiger partial charge in [-0.3, -0.25) is 0 Å². The minimum absolute atomic E-state index is 0.287. The van der Waals surface area contributed by atoms with E-state index in [-0.39, 0.29) is 12.1 Å². The molecular weight excluding hydrogens is 216 g/mol. The second kappa shape index (κ2) is 5.53. The van der Waals surface area contributed by atoms with Crippen molar-refractivity contribution in [2.24, 2.45) is 0 Å². The highest BCUT2D eigenvalue weighted by Crippen LogP contribution is 2.25. The van der Waals surface area contributed by atoms with E-state index in [9.17, 15) is 4.79 Å². The first-order valence-electron chi connectivity index (χ1n) is 5.46. The van der Waals surface area contributed by atoms with Gasteiger partial charge in [-0.2, -0.15) is 0 Å². The Labute approximate surface area is 102 Å². The van der Waals surface area contributed by atoms with E-state index in [0.717, 1.165) is 16.9 Å². The Morgan fingerprint density at radius 3 is 2.53 bits per heavy atom. The molecule has 1 unspecified atom stereocenters. The number of benzene rings is 1. The predicted octanol–water partition coefficient (Wildman–Crippen LogP) is 3.18. The number of rotatable bonds is 4. The van der Waals surface area contributed by atoms with E-state index < -0.39 is 0 Å². The molecule has 1 aromatic carbocycles. The van der Waals surface area contributed by atoms with E-state index >= 15 is 0 Å². The van der Waals surface area contributed by atoms with E-state index in [0.29, 0.717) is 5.57 Å². The fourth-order valence-corrected chi connectivity index (χ4v) is 1.56. The normalized spacial score (nSPS) is 11.8. The molecule has 1 rings (SSSR count). The van der Waals surface area contributed by atoms with Crippen molar-refractivity contribution in [1.82, 2.24) is 0 Å². The van der Waals surface area contributed by atoms with Crippen LogP contribution in [0.5, 0.6) is 5.75 Å². The number of methoxy groups -OCH3 is 1. The molecule has 0 bridgehead atoms. The fourth-order valence-electron chi connectivity index (χ4n) is 1.56. The number of ether oxygens (including phenoxy) is 2. The van der Waals surface area contributed by atoms with Crippen LogP contribution in [0.15, 0.2) is 30.4 Å². The summed E-state index contributed by atoms with van der Waals surface area (Å²) in [4.78, 5) is 11.4. The molecule has 0 N–H and O–H groups in total. The number of esters is 1. The van der Waals surface area contributed by atoms with Crippen LogP contribution in [0.25, 0.3) is 0 Å². The van der Waals surface area contributed by atoms with Gasteiger partial charge in [0.15, 0.2) is 0 Å². The van der Waals surface area contributed by atoms with E-state index in [1.165, 1.54) is 0 Å². The molecule has 0 fully saturated rings. The Balaban J connectivity index is 2.85. The van der Waals surface area contributed by atoms with Gasteiger partial charge in [0.2, 0.25) is 0 Å². The molecule has 17 heavy (non-hydrogen) atoms. The zero-order valence-corrected chi connectivity index (χ0v) is 10.7. The SMILES string of the molecule is C=C(C)C(=O)OC(C)c1ccc(OC)cc1C. The summed E-state index contributed by atoms with van der Waals surface area (Å²) < 4.78 is 10.4. The second-order valence-corrected chi connectivity index (χ2v) is 4.05. The van der Waals surface area contributed by atoms with Gasteiger partial charge in [0.25, 0.3) is 0 Å². The van der Waals surface area contributed by atoms with E-state index in [1.54, 1.807) is 14.0 Å². The molecule has 0 aliphatic carbocycles. The van der Waals surface area contributed by atoms with Gasteiger partial charge in [-0.25, -0.2) is 4.79 Å². The summed E-state index contributed by atoms with van der Waals surface area (Å²) in [5, 5.41) is 0. The summed E-state index contributed by atoms with van der Waals surface area (Å²) >= 11 is 0. The van der Waals surface area contributed by atoms with Crippen molar-refractivity contribution in [3.8, 4) is 5.75 Å². The van der Waals surface area contributed by atoms with Gasteiger partial charge in [-0.1, -0.05) is 12.6 Å². The average molecular weight is 234 g/mol. The quantitative estimate of drug-likeness (QED) is 0.593. The van der Waals surface area contributed by atoms with Crippen LogP contribution in [-0.4, -0.2) is 13.1 Å². The van der Waals surface area contributed by atoms with Gasteiger partial charge in [-0.15, -0.1) is 0 Å². The summed E-state index contributed by atoms with van der Waals surface area (Å²) in [6.45, 7) is 9.00. The Morgan fingerprint density at radius 1 is 1.41 bits per heavy atom. The number of aryl methyl sites for hydroxylation is 1. The molecule has 0 heterocycles. The maximum absolute atomic E-state index is 11.4. The predicted molar refractivity (Wildman–Crippen MR) is 67.1 cm³/mol. The van der Waals surface area contributed by atoms with Crippen LogP contribution in [-0.2, 0) is 9.53 Å². The van der Waals surface area contributed by atoms with E-state index in [2.05, 4.69) is 6.58 Å². The lowest BCUT2D eigenvalue weighted by Gasteiger charge is -2.16. The minimum atomic E-state index is -0.368. The minimum Gasteiger partial charge on any atom is -0.497 e. The van der Waals surface area contributed by atoms with Crippen molar-refractivity contribution in [3.63, 3.8) is 0 Å². The van der Waals surface area contributed by atoms with Crippen molar-refractivity contribution >= 4 is 5.97 Å². The molecule has 0 aliphatic heterocycles. The Morgan fingerprint density at radius 2 is 2.06 bits per heavy atom. The molecule has 1 aromatic rings.